The highest BCUT2D eigenvalue weighted by molar-refractivity contribution is 7.98. The summed E-state index contributed by atoms with van der Waals surface area (Å²) in [5, 5.41) is 19.6. The lowest BCUT2D eigenvalue weighted by Gasteiger charge is -2.23. The van der Waals surface area contributed by atoms with Crippen LogP contribution in [0.25, 0.3) is 0 Å². The quantitative estimate of drug-likeness (QED) is 0.234. The number of carbonyl (C=O) groups excluding carboxylic acids is 3. The summed E-state index contributed by atoms with van der Waals surface area (Å²) in [5.41, 5.74) is 5.71. The fourth-order valence-corrected chi connectivity index (χ4v) is 4.20. The van der Waals surface area contributed by atoms with E-state index in [0.29, 0.717) is 15.6 Å². The van der Waals surface area contributed by atoms with E-state index in [1.165, 1.54) is 16.4 Å². The number of carboxylic acid groups (broad SMARTS) is 2. The molecule has 1 fully saturated rings. The predicted molar refractivity (Wildman–Crippen MR) is 139 cm³/mol. The van der Waals surface area contributed by atoms with Crippen molar-refractivity contribution in [3.8, 4) is 0 Å². The fourth-order valence-electron chi connectivity index (χ4n) is 2.86. The number of nitrogens with zero attached hydrogens (tertiary/aromatic N) is 2. The smallest absolute Gasteiger partial charge is 0.481 e. The molecule has 0 bridgehead atoms. The van der Waals surface area contributed by atoms with Crippen molar-refractivity contribution in [3.05, 3.63) is 69.7 Å². The molecule has 12 nitrogen and oxygen atoms in total. The molecule has 41 heavy (non-hydrogen) atoms. The van der Waals surface area contributed by atoms with Crippen LogP contribution in [0.1, 0.15) is 22.3 Å². The van der Waals surface area contributed by atoms with Gasteiger partial charge in [-0.15, -0.1) is 0 Å². The van der Waals surface area contributed by atoms with Crippen LogP contribution in [0.5, 0.6) is 0 Å². The van der Waals surface area contributed by atoms with Gasteiger partial charge in [0.05, 0.1) is 13.0 Å². The van der Waals surface area contributed by atoms with E-state index in [4.69, 9.17) is 48.7 Å². The maximum absolute atomic E-state index is 13.0. The Morgan fingerprint density at radius 3 is 2.02 bits per heavy atom. The molecule has 2 aromatic carbocycles. The van der Waals surface area contributed by atoms with E-state index in [-0.39, 0.29) is 6.54 Å². The molecule has 222 valence electrons. The van der Waals surface area contributed by atoms with Gasteiger partial charge in [0.1, 0.15) is 6.04 Å². The first kappa shape index (κ1) is 33.5. The summed E-state index contributed by atoms with van der Waals surface area (Å²) in [5.74, 6) is -5.49. The van der Waals surface area contributed by atoms with E-state index in [0.717, 1.165) is 22.4 Å². The third kappa shape index (κ3) is 10.6. The van der Waals surface area contributed by atoms with Gasteiger partial charge < -0.3 is 26.0 Å². The van der Waals surface area contributed by atoms with Gasteiger partial charge in [-0.2, -0.15) is 13.2 Å². The lowest BCUT2D eigenvalue weighted by atomic mass is 10.2. The molecule has 1 aliphatic heterocycles. The molecule has 1 saturated heterocycles. The van der Waals surface area contributed by atoms with Crippen molar-refractivity contribution < 1.29 is 52.1 Å². The first-order valence-corrected chi connectivity index (χ1v) is 12.7. The first-order chi connectivity index (χ1) is 19.1. The summed E-state index contributed by atoms with van der Waals surface area (Å²) >= 11 is 12.8. The topological polar surface area (TPSA) is 180 Å². The van der Waals surface area contributed by atoms with Crippen LogP contribution in [0.4, 0.5) is 18.0 Å². The Hall–Kier alpha value is -3.73. The fraction of sp³-hybridized carbons (Fsp3) is 0.261. The third-order valence-electron chi connectivity index (χ3n) is 4.86. The minimum absolute atomic E-state index is 0.191. The van der Waals surface area contributed by atoms with Crippen LogP contribution in [-0.2, 0) is 25.7 Å². The number of carbonyl (C=O) groups is 5. The Kier molecular flexibility index (Phi) is 12.1. The number of nitrogens with one attached hydrogen (secondary N) is 1. The molecule has 0 aromatic heterocycles. The highest BCUT2D eigenvalue weighted by atomic mass is 35.5. The van der Waals surface area contributed by atoms with Crippen LogP contribution in [0.3, 0.4) is 0 Å². The van der Waals surface area contributed by atoms with Crippen LogP contribution in [0.2, 0.25) is 10.0 Å². The van der Waals surface area contributed by atoms with Gasteiger partial charge in [-0.3, -0.25) is 23.6 Å². The summed E-state index contributed by atoms with van der Waals surface area (Å²) in [6.07, 6.45) is -5.71. The SMILES string of the molecule is NC(CC(=O)O)C(=O)OCN1C(=O)N(Cc2ccc(Cl)cc2)SC1NC(=O)c1ccc(Cl)cc1.O=C(O)C(F)(F)F. The highest BCUT2D eigenvalue weighted by Crippen LogP contribution is 2.31. The van der Waals surface area contributed by atoms with Crippen LogP contribution < -0.4 is 11.1 Å². The van der Waals surface area contributed by atoms with Gasteiger partial charge in [0.2, 0.25) is 0 Å². The zero-order chi connectivity index (χ0) is 30.9. The molecular formula is C23H21Cl2F3N4O8S. The number of ether oxygens (including phenoxy) is 1. The molecule has 1 heterocycles. The standard InChI is InChI=1S/C21H20Cl2N4O6S.C2HF3O2/c22-14-5-1-12(2-6-14)10-27-21(32)26(11-33-19(31)16(24)9-17(28)29)20(34-27)25-18(30)13-3-7-15(23)8-4-13;3-2(4,5)1(6)7/h1-8,16,20H,9-11,24H2,(H,25,30)(H,28,29);(H,6,7). The summed E-state index contributed by atoms with van der Waals surface area (Å²) in [6.45, 7) is -0.350. The lowest BCUT2D eigenvalue weighted by Crippen LogP contribution is -2.47. The van der Waals surface area contributed by atoms with E-state index in [1.807, 2.05) is 0 Å². The van der Waals surface area contributed by atoms with Crippen molar-refractivity contribution in [1.29, 1.82) is 0 Å². The molecule has 0 aliphatic carbocycles. The average molecular weight is 641 g/mol. The molecule has 0 saturated carbocycles. The minimum atomic E-state index is -5.08. The molecule has 0 radical (unpaired) electrons. The highest BCUT2D eigenvalue weighted by Gasteiger charge is 2.40. The third-order valence-corrected chi connectivity index (χ3v) is 6.47. The molecule has 3 amide bonds. The van der Waals surface area contributed by atoms with Gasteiger partial charge >= 0.3 is 30.1 Å². The van der Waals surface area contributed by atoms with Crippen molar-refractivity contribution >= 4 is 65.0 Å². The number of esters is 1. The molecule has 5 N–H and O–H groups in total. The zero-order valence-corrected chi connectivity index (χ0v) is 22.8. The Morgan fingerprint density at radius 1 is 1.02 bits per heavy atom. The van der Waals surface area contributed by atoms with E-state index in [2.05, 4.69) is 5.32 Å². The normalized spacial score (nSPS) is 15.5. The van der Waals surface area contributed by atoms with Gasteiger partial charge in [-0.05, 0) is 42.0 Å². The number of urea groups is 1. The first-order valence-electron chi connectivity index (χ1n) is 11.1. The molecule has 18 heteroatoms. The maximum Gasteiger partial charge on any atom is 0.490 e. The average Bonchev–Trinajstić information content (AvgIpc) is 3.16. The minimum Gasteiger partial charge on any atom is -0.481 e. The lowest BCUT2D eigenvalue weighted by molar-refractivity contribution is -0.192. The van der Waals surface area contributed by atoms with E-state index in [9.17, 15) is 32.3 Å². The zero-order valence-electron chi connectivity index (χ0n) is 20.5. The number of rotatable bonds is 9. The Morgan fingerprint density at radius 2 is 1.54 bits per heavy atom. The number of nitrogens with two attached hydrogens (primary N) is 1. The summed E-state index contributed by atoms with van der Waals surface area (Å²) in [6, 6.07) is 11.1. The number of halogens is 5. The van der Waals surface area contributed by atoms with Crippen molar-refractivity contribution in [1.82, 2.24) is 14.5 Å². The van der Waals surface area contributed by atoms with Gasteiger partial charge in [-0.1, -0.05) is 35.3 Å². The van der Waals surface area contributed by atoms with E-state index < -0.39 is 60.7 Å². The number of hydrogen-bond donors (Lipinski definition) is 4. The van der Waals surface area contributed by atoms with Crippen molar-refractivity contribution in [2.24, 2.45) is 5.73 Å². The van der Waals surface area contributed by atoms with E-state index in [1.54, 1.807) is 36.4 Å². The van der Waals surface area contributed by atoms with Crippen LogP contribution in [0.15, 0.2) is 48.5 Å². The van der Waals surface area contributed by atoms with Crippen LogP contribution in [0, 0.1) is 0 Å². The molecular weight excluding hydrogens is 620 g/mol. The Bertz CT molecular complexity index is 1270. The second-order valence-corrected chi connectivity index (χ2v) is 9.92. The van der Waals surface area contributed by atoms with Gasteiger partial charge in [0.15, 0.2) is 12.2 Å². The summed E-state index contributed by atoms with van der Waals surface area (Å²) in [7, 11) is 0. The maximum atomic E-state index is 13.0. The number of benzene rings is 2. The second-order valence-electron chi connectivity index (χ2n) is 7.95. The van der Waals surface area contributed by atoms with Gasteiger partial charge in [0, 0.05) is 27.6 Å². The number of carboxylic acids is 2. The Balaban J connectivity index is 0.000000745. The van der Waals surface area contributed by atoms with Crippen LogP contribution in [-0.4, -0.2) is 73.7 Å². The summed E-state index contributed by atoms with van der Waals surface area (Å²) < 4.78 is 38.2. The molecule has 1 aliphatic rings. The van der Waals surface area contributed by atoms with Gasteiger partial charge in [-0.25, -0.2) is 9.59 Å². The second kappa shape index (κ2) is 14.8. The van der Waals surface area contributed by atoms with E-state index >= 15 is 0 Å². The molecule has 2 atom stereocenters. The number of amides is 3. The van der Waals surface area contributed by atoms with Crippen LogP contribution >= 0.6 is 35.1 Å². The molecule has 2 aromatic rings. The number of alkyl halides is 3. The monoisotopic (exact) mass is 640 g/mol. The molecule has 0 spiro atoms. The molecule has 3 rings (SSSR count). The van der Waals surface area contributed by atoms with Crippen molar-refractivity contribution in [2.75, 3.05) is 6.73 Å². The predicted octanol–water partition coefficient (Wildman–Crippen LogP) is 3.53. The molecule has 2 unspecified atom stereocenters. The van der Waals surface area contributed by atoms with Gasteiger partial charge in [0.25, 0.3) is 5.91 Å². The number of hydrogen-bond acceptors (Lipinski definition) is 8. The largest absolute Gasteiger partial charge is 0.490 e. The Labute approximate surface area is 244 Å². The number of aliphatic carboxylic acids is 2. The van der Waals surface area contributed by atoms with Crippen molar-refractivity contribution in [2.45, 2.75) is 30.7 Å². The summed E-state index contributed by atoms with van der Waals surface area (Å²) in [4.78, 5) is 58.6. The van der Waals surface area contributed by atoms with Crippen molar-refractivity contribution in [3.63, 3.8) is 0 Å².